The average Bonchev–Trinajstić information content (AvgIpc) is 2.98. The van der Waals surface area contributed by atoms with Gasteiger partial charge >= 0.3 is 0 Å². The largest absolute Gasteiger partial charge is 0.493 e. The van der Waals surface area contributed by atoms with Gasteiger partial charge in [-0.15, -0.1) is 0 Å². The number of carbonyl (C=O) groups is 2. The molecule has 2 saturated heterocycles. The van der Waals surface area contributed by atoms with E-state index in [0.29, 0.717) is 61.7 Å². The van der Waals surface area contributed by atoms with Gasteiger partial charge in [0.2, 0.25) is 0 Å². The highest BCUT2D eigenvalue weighted by Gasteiger charge is 2.42. The van der Waals surface area contributed by atoms with E-state index in [0.717, 1.165) is 11.1 Å². The van der Waals surface area contributed by atoms with Crippen LogP contribution in [0.25, 0.3) is 0 Å². The molecular formula is C31H31F3N2O5. The van der Waals surface area contributed by atoms with E-state index >= 15 is 0 Å². The Kier molecular flexibility index (Phi) is 8.21. The molecule has 1 spiro atoms. The summed E-state index contributed by atoms with van der Waals surface area (Å²) < 4.78 is 58.9. The van der Waals surface area contributed by atoms with E-state index in [1.165, 1.54) is 4.90 Å². The lowest BCUT2D eigenvalue weighted by Crippen LogP contribution is -2.58. The molecule has 0 unspecified atom stereocenters. The number of amides is 2. The van der Waals surface area contributed by atoms with Crippen LogP contribution in [0.15, 0.2) is 54.6 Å². The van der Waals surface area contributed by atoms with Gasteiger partial charge in [-0.25, -0.2) is 13.2 Å². The second kappa shape index (κ2) is 11.8. The second-order valence-electron chi connectivity index (χ2n) is 10.4. The standard InChI is InChI=1S/C31H31F3N2O5/c1-20-14-27(39-2)28(40-18-21-6-4-3-5-7-21)16-22(20)29(37)35-10-8-31(9-11-35)19-36(12-13-41-31)30(38)23-15-25(33)26(34)17-24(23)32/h3-7,14-17H,8-13,18-19H2,1-2H3. The van der Waals surface area contributed by atoms with Gasteiger partial charge in [-0.1, -0.05) is 30.3 Å². The van der Waals surface area contributed by atoms with Gasteiger partial charge in [0.25, 0.3) is 11.8 Å². The zero-order chi connectivity index (χ0) is 29.1. The lowest BCUT2D eigenvalue weighted by Gasteiger charge is -2.47. The molecule has 0 atom stereocenters. The molecule has 41 heavy (non-hydrogen) atoms. The van der Waals surface area contributed by atoms with Crippen molar-refractivity contribution < 1.29 is 37.0 Å². The maximum absolute atomic E-state index is 14.3. The average molecular weight is 569 g/mol. The zero-order valence-electron chi connectivity index (χ0n) is 22.9. The number of morpholine rings is 1. The topological polar surface area (TPSA) is 68.3 Å². The van der Waals surface area contributed by atoms with E-state index < -0.39 is 34.5 Å². The SMILES string of the molecule is COc1cc(C)c(C(=O)N2CCC3(CC2)CN(C(=O)c2cc(F)c(F)cc2F)CCO3)cc1OCc1ccccc1. The minimum atomic E-state index is -1.35. The number of aryl methyl sites for hydroxylation is 1. The van der Waals surface area contributed by atoms with Crippen molar-refractivity contribution >= 4 is 11.8 Å². The Balaban J connectivity index is 1.26. The lowest BCUT2D eigenvalue weighted by atomic mass is 9.88. The summed E-state index contributed by atoms with van der Waals surface area (Å²) in [7, 11) is 1.55. The number of hydrogen-bond acceptors (Lipinski definition) is 5. The fourth-order valence-electron chi connectivity index (χ4n) is 5.36. The van der Waals surface area contributed by atoms with Crippen molar-refractivity contribution in [3.05, 3.63) is 94.3 Å². The molecule has 2 fully saturated rings. The summed E-state index contributed by atoms with van der Waals surface area (Å²) in [6, 6.07) is 14.1. The van der Waals surface area contributed by atoms with Gasteiger partial charge in [-0.2, -0.15) is 0 Å². The number of benzene rings is 3. The normalized spacial score (nSPS) is 16.5. The summed E-state index contributed by atoms with van der Waals surface area (Å²) in [5, 5.41) is 0. The molecule has 2 heterocycles. The van der Waals surface area contributed by atoms with Gasteiger partial charge in [-0.05, 0) is 49.1 Å². The van der Waals surface area contributed by atoms with Crippen LogP contribution in [-0.4, -0.2) is 67.1 Å². The number of halogens is 3. The molecule has 216 valence electrons. The number of likely N-dealkylation sites (tertiary alicyclic amines) is 1. The minimum absolute atomic E-state index is 0.155. The first-order valence-corrected chi connectivity index (χ1v) is 13.4. The van der Waals surface area contributed by atoms with Crippen LogP contribution < -0.4 is 9.47 Å². The smallest absolute Gasteiger partial charge is 0.257 e. The van der Waals surface area contributed by atoms with Crippen LogP contribution in [0.1, 0.15) is 44.7 Å². The number of methoxy groups -OCH3 is 1. The number of piperidine rings is 1. The Morgan fingerprint density at radius 1 is 0.854 bits per heavy atom. The van der Waals surface area contributed by atoms with E-state index in [4.69, 9.17) is 14.2 Å². The van der Waals surface area contributed by atoms with Crippen LogP contribution in [-0.2, 0) is 11.3 Å². The number of carbonyl (C=O) groups excluding carboxylic acids is 2. The highest BCUT2D eigenvalue weighted by Crippen LogP contribution is 2.35. The zero-order valence-corrected chi connectivity index (χ0v) is 22.9. The molecule has 0 saturated carbocycles. The number of hydrogen-bond donors (Lipinski definition) is 0. The molecule has 5 rings (SSSR count). The molecule has 0 N–H and O–H groups in total. The van der Waals surface area contributed by atoms with Crippen LogP contribution in [0.2, 0.25) is 0 Å². The highest BCUT2D eigenvalue weighted by atomic mass is 19.2. The summed E-state index contributed by atoms with van der Waals surface area (Å²) in [6.07, 6.45) is 0.907. The van der Waals surface area contributed by atoms with Crippen molar-refractivity contribution in [2.45, 2.75) is 32.0 Å². The molecule has 0 aromatic heterocycles. The van der Waals surface area contributed by atoms with Gasteiger partial charge in [0, 0.05) is 31.3 Å². The van der Waals surface area contributed by atoms with Crippen LogP contribution in [0.3, 0.4) is 0 Å². The quantitative estimate of drug-likeness (QED) is 0.385. The van der Waals surface area contributed by atoms with Gasteiger partial charge < -0.3 is 24.0 Å². The summed E-state index contributed by atoms with van der Waals surface area (Å²) in [6.45, 7) is 3.49. The number of rotatable bonds is 6. The third-order valence-electron chi connectivity index (χ3n) is 7.72. The van der Waals surface area contributed by atoms with E-state index in [9.17, 15) is 22.8 Å². The molecule has 0 aliphatic carbocycles. The van der Waals surface area contributed by atoms with Crippen molar-refractivity contribution in [3.63, 3.8) is 0 Å². The van der Waals surface area contributed by atoms with Crippen molar-refractivity contribution in [2.24, 2.45) is 0 Å². The summed E-state index contributed by atoms with van der Waals surface area (Å²) in [4.78, 5) is 29.7. The second-order valence-corrected chi connectivity index (χ2v) is 10.4. The van der Waals surface area contributed by atoms with Gasteiger partial charge in [-0.3, -0.25) is 9.59 Å². The fraction of sp³-hybridized carbons (Fsp3) is 0.355. The minimum Gasteiger partial charge on any atom is -0.493 e. The van der Waals surface area contributed by atoms with E-state index in [2.05, 4.69) is 0 Å². The van der Waals surface area contributed by atoms with Crippen LogP contribution in [0.5, 0.6) is 11.5 Å². The Hall–Kier alpha value is -4.05. The first-order chi connectivity index (χ1) is 19.7. The monoisotopic (exact) mass is 568 g/mol. The van der Waals surface area contributed by atoms with Crippen LogP contribution in [0, 0.1) is 24.4 Å². The van der Waals surface area contributed by atoms with E-state index in [1.54, 1.807) is 24.1 Å². The molecule has 10 heteroatoms. The Morgan fingerprint density at radius 2 is 1.54 bits per heavy atom. The van der Waals surface area contributed by atoms with Gasteiger partial charge in [0.1, 0.15) is 12.4 Å². The van der Waals surface area contributed by atoms with Gasteiger partial charge in [0.05, 0.1) is 31.4 Å². The molecule has 2 aliphatic heterocycles. The molecule has 2 aliphatic rings. The van der Waals surface area contributed by atoms with Crippen molar-refractivity contribution in [1.82, 2.24) is 9.80 Å². The number of ether oxygens (including phenoxy) is 3. The molecule has 0 radical (unpaired) electrons. The maximum atomic E-state index is 14.3. The van der Waals surface area contributed by atoms with Crippen LogP contribution in [0.4, 0.5) is 13.2 Å². The summed E-state index contributed by atoms with van der Waals surface area (Å²) in [5.41, 5.74) is 0.988. The van der Waals surface area contributed by atoms with Crippen LogP contribution >= 0.6 is 0 Å². The fourth-order valence-corrected chi connectivity index (χ4v) is 5.36. The van der Waals surface area contributed by atoms with Crippen molar-refractivity contribution in [1.29, 1.82) is 0 Å². The van der Waals surface area contributed by atoms with Crippen molar-refractivity contribution in [3.8, 4) is 11.5 Å². The molecule has 3 aromatic rings. The maximum Gasteiger partial charge on any atom is 0.257 e. The third-order valence-corrected chi connectivity index (χ3v) is 7.72. The highest BCUT2D eigenvalue weighted by molar-refractivity contribution is 5.96. The Bertz CT molecular complexity index is 1440. The molecule has 2 amide bonds. The Labute approximate surface area is 236 Å². The third kappa shape index (κ3) is 6.02. The molecule has 3 aromatic carbocycles. The van der Waals surface area contributed by atoms with Crippen molar-refractivity contribution in [2.75, 3.05) is 39.9 Å². The molecular weight excluding hydrogens is 537 g/mol. The first-order valence-electron chi connectivity index (χ1n) is 13.4. The number of nitrogens with zero attached hydrogens (tertiary/aromatic N) is 2. The van der Waals surface area contributed by atoms with E-state index in [1.807, 2.05) is 37.3 Å². The van der Waals surface area contributed by atoms with Gasteiger partial charge in [0.15, 0.2) is 23.1 Å². The predicted molar refractivity (Wildman–Crippen MR) is 145 cm³/mol. The summed E-state index contributed by atoms with van der Waals surface area (Å²) in [5.74, 6) is -3.63. The molecule has 0 bridgehead atoms. The predicted octanol–water partition coefficient (Wildman–Crippen LogP) is 5.15. The van der Waals surface area contributed by atoms with E-state index in [-0.39, 0.29) is 25.6 Å². The Morgan fingerprint density at radius 3 is 2.24 bits per heavy atom. The molecule has 7 nitrogen and oxygen atoms in total. The lowest BCUT2D eigenvalue weighted by molar-refractivity contribution is -0.123. The first kappa shape index (κ1) is 28.5. The summed E-state index contributed by atoms with van der Waals surface area (Å²) >= 11 is 0.